The highest BCUT2D eigenvalue weighted by atomic mass is 32.2. The van der Waals surface area contributed by atoms with E-state index in [2.05, 4.69) is 10.6 Å². The van der Waals surface area contributed by atoms with Crippen LogP contribution in [0.5, 0.6) is 5.75 Å². The summed E-state index contributed by atoms with van der Waals surface area (Å²) in [5, 5.41) is 5.48. The summed E-state index contributed by atoms with van der Waals surface area (Å²) in [7, 11) is -1.78. The minimum absolute atomic E-state index is 0.225. The zero-order chi connectivity index (χ0) is 16.9. The predicted octanol–water partition coefficient (Wildman–Crippen LogP) is 0.918. The molecule has 8 heteroatoms. The number of amides is 2. The van der Waals surface area contributed by atoms with Crippen molar-refractivity contribution in [2.75, 3.05) is 26.5 Å². The van der Waals surface area contributed by atoms with E-state index in [0.29, 0.717) is 0 Å². The van der Waals surface area contributed by atoms with Crippen LogP contribution in [0, 0.1) is 0 Å². The summed E-state index contributed by atoms with van der Waals surface area (Å²) in [4.78, 5) is 11.5. The van der Waals surface area contributed by atoms with Crippen LogP contribution in [0.15, 0.2) is 24.3 Å². The van der Waals surface area contributed by atoms with Crippen LogP contribution in [0.25, 0.3) is 0 Å². The molecule has 23 heavy (non-hydrogen) atoms. The third-order valence-corrected chi connectivity index (χ3v) is 4.80. The van der Waals surface area contributed by atoms with Gasteiger partial charge in [-0.2, -0.15) is 4.31 Å². The first-order valence-electron chi connectivity index (χ1n) is 7.51. The smallest absolute Gasteiger partial charge is 0.315 e. The van der Waals surface area contributed by atoms with E-state index in [1.807, 2.05) is 12.1 Å². The van der Waals surface area contributed by atoms with E-state index in [-0.39, 0.29) is 31.7 Å². The molecule has 0 unspecified atom stereocenters. The molecule has 2 amide bonds. The highest BCUT2D eigenvalue weighted by Gasteiger charge is 2.23. The van der Waals surface area contributed by atoms with Crippen LogP contribution in [0.3, 0.4) is 0 Å². The fourth-order valence-electron chi connectivity index (χ4n) is 2.05. The second-order valence-electron chi connectivity index (χ2n) is 5.62. The van der Waals surface area contributed by atoms with Crippen molar-refractivity contribution in [3.8, 4) is 5.75 Å². The number of benzene rings is 1. The number of sulfonamides is 1. The molecule has 128 valence electrons. The molecule has 0 aromatic heterocycles. The van der Waals surface area contributed by atoms with E-state index >= 15 is 0 Å². The molecule has 1 aromatic rings. The largest absolute Gasteiger partial charge is 0.497 e. The van der Waals surface area contributed by atoms with Gasteiger partial charge < -0.3 is 15.4 Å². The Balaban J connectivity index is 1.87. The standard InChI is InChI=1S/C15H23N3O4S/c1-22-14-7-3-12(4-8-14)11-18(23(2,20)21)10-9-16-15(19)17-13-5-6-13/h3-4,7-8,13H,5-6,9-11H2,1-2H3,(H2,16,17,19). The van der Waals surface area contributed by atoms with Gasteiger partial charge in [-0.15, -0.1) is 0 Å². The van der Waals surface area contributed by atoms with Gasteiger partial charge in [-0.1, -0.05) is 12.1 Å². The Morgan fingerprint density at radius 1 is 1.30 bits per heavy atom. The molecule has 2 N–H and O–H groups in total. The van der Waals surface area contributed by atoms with Gasteiger partial charge in [0, 0.05) is 25.7 Å². The molecule has 1 saturated carbocycles. The number of carbonyl (C=O) groups is 1. The topological polar surface area (TPSA) is 87.7 Å². The molecule has 1 aliphatic rings. The van der Waals surface area contributed by atoms with Crippen molar-refractivity contribution in [3.63, 3.8) is 0 Å². The molecular formula is C15H23N3O4S. The highest BCUT2D eigenvalue weighted by Crippen LogP contribution is 2.18. The molecule has 0 saturated heterocycles. The van der Waals surface area contributed by atoms with Crippen molar-refractivity contribution in [2.24, 2.45) is 0 Å². The highest BCUT2D eigenvalue weighted by molar-refractivity contribution is 7.88. The average molecular weight is 341 g/mol. The predicted molar refractivity (Wildman–Crippen MR) is 87.8 cm³/mol. The molecule has 0 aliphatic heterocycles. The van der Waals surface area contributed by atoms with Crippen LogP contribution in [0.1, 0.15) is 18.4 Å². The van der Waals surface area contributed by atoms with E-state index in [1.54, 1.807) is 19.2 Å². The van der Waals surface area contributed by atoms with Crippen molar-refractivity contribution in [3.05, 3.63) is 29.8 Å². The molecule has 0 atom stereocenters. The molecule has 1 aromatic carbocycles. The Kier molecular flexibility index (Phi) is 5.84. The van der Waals surface area contributed by atoms with Gasteiger partial charge in [0.25, 0.3) is 0 Å². The zero-order valence-electron chi connectivity index (χ0n) is 13.4. The molecule has 0 heterocycles. The summed E-state index contributed by atoms with van der Waals surface area (Å²) in [6.45, 7) is 0.749. The van der Waals surface area contributed by atoms with E-state index < -0.39 is 10.0 Å². The van der Waals surface area contributed by atoms with Crippen molar-refractivity contribution in [1.82, 2.24) is 14.9 Å². The maximum atomic E-state index is 11.9. The number of nitrogens with one attached hydrogen (secondary N) is 2. The van der Waals surface area contributed by atoms with Gasteiger partial charge in [-0.05, 0) is 30.5 Å². The lowest BCUT2D eigenvalue weighted by Crippen LogP contribution is -2.42. The number of hydrogen-bond acceptors (Lipinski definition) is 4. The van der Waals surface area contributed by atoms with Gasteiger partial charge in [-0.3, -0.25) is 0 Å². The van der Waals surface area contributed by atoms with Crippen LogP contribution in [-0.2, 0) is 16.6 Å². The number of urea groups is 1. The fourth-order valence-corrected chi connectivity index (χ4v) is 2.86. The molecule has 0 spiro atoms. The Bertz CT molecular complexity index is 627. The summed E-state index contributed by atoms with van der Waals surface area (Å²) in [5.41, 5.74) is 0.860. The minimum atomic E-state index is -3.36. The lowest BCUT2D eigenvalue weighted by Gasteiger charge is -2.20. The Hall–Kier alpha value is -1.80. The molecule has 0 bridgehead atoms. The van der Waals surface area contributed by atoms with Crippen molar-refractivity contribution >= 4 is 16.1 Å². The van der Waals surface area contributed by atoms with Crippen LogP contribution in [-0.4, -0.2) is 51.3 Å². The third-order valence-electron chi connectivity index (χ3n) is 3.55. The number of methoxy groups -OCH3 is 1. The first-order valence-corrected chi connectivity index (χ1v) is 9.36. The quantitative estimate of drug-likeness (QED) is 0.736. The second kappa shape index (κ2) is 7.65. The number of nitrogens with zero attached hydrogens (tertiary/aromatic N) is 1. The zero-order valence-corrected chi connectivity index (χ0v) is 14.2. The molecule has 0 radical (unpaired) electrons. The molecule has 7 nitrogen and oxygen atoms in total. The van der Waals surface area contributed by atoms with Crippen LogP contribution in [0.4, 0.5) is 4.79 Å². The van der Waals surface area contributed by atoms with Crippen LogP contribution < -0.4 is 15.4 Å². The Morgan fingerprint density at radius 2 is 1.96 bits per heavy atom. The molecular weight excluding hydrogens is 318 g/mol. The summed E-state index contributed by atoms with van der Waals surface area (Å²) >= 11 is 0. The van der Waals surface area contributed by atoms with Gasteiger partial charge in [0.2, 0.25) is 10.0 Å². The summed E-state index contributed by atoms with van der Waals surface area (Å²) in [5.74, 6) is 0.720. The Labute approximate surface area is 137 Å². The van der Waals surface area contributed by atoms with Crippen LogP contribution >= 0.6 is 0 Å². The van der Waals surface area contributed by atoms with E-state index in [0.717, 1.165) is 24.2 Å². The second-order valence-corrected chi connectivity index (χ2v) is 7.60. The first kappa shape index (κ1) is 17.6. The van der Waals surface area contributed by atoms with E-state index in [9.17, 15) is 13.2 Å². The number of rotatable bonds is 8. The van der Waals surface area contributed by atoms with Gasteiger partial charge >= 0.3 is 6.03 Å². The summed E-state index contributed by atoms with van der Waals surface area (Å²) in [6.07, 6.45) is 3.20. The number of hydrogen-bond donors (Lipinski definition) is 2. The van der Waals surface area contributed by atoms with Gasteiger partial charge in [0.05, 0.1) is 13.4 Å². The average Bonchev–Trinajstić information content (AvgIpc) is 3.30. The monoisotopic (exact) mass is 341 g/mol. The minimum Gasteiger partial charge on any atom is -0.497 e. The van der Waals surface area contributed by atoms with Crippen molar-refractivity contribution < 1.29 is 17.9 Å². The Morgan fingerprint density at radius 3 is 2.48 bits per heavy atom. The molecule has 1 fully saturated rings. The van der Waals surface area contributed by atoms with Crippen molar-refractivity contribution in [2.45, 2.75) is 25.4 Å². The normalized spacial score (nSPS) is 14.6. The van der Waals surface area contributed by atoms with Crippen LogP contribution in [0.2, 0.25) is 0 Å². The van der Waals surface area contributed by atoms with E-state index in [1.165, 1.54) is 10.6 Å². The van der Waals surface area contributed by atoms with Gasteiger partial charge in [0.15, 0.2) is 0 Å². The lowest BCUT2D eigenvalue weighted by atomic mass is 10.2. The third kappa shape index (κ3) is 6.07. The fraction of sp³-hybridized carbons (Fsp3) is 0.533. The maximum absolute atomic E-state index is 11.9. The number of carbonyl (C=O) groups excluding carboxylic acids is 1. The molecule has 2 rings (SSSR count). The van der Waals surface area contributed by atoms with Gasteiger partial charge in [-0.25, -0.2) is 13.2 Å². The summed E-state index contributed by atoms with van der Waals surface area (Å²) < 4.78 is 30.2. The molecule has 1 aliphatic carbocycles. The van der Waals surface area contributed by atoms with Crippen molar-refractivity contribution in [1.29, 1.82) is 0 Å². The lowest BCUT2D eigenvalue weighted by molar-refractivity contribution is 0.239. The maximum Gasteiger partial charge on any atom is 0.315 e. The first-order chi connectivity index (χ1) is 10.9. The SMILES string of the molecule is COc1ccc(CN(CCNC(=O)NC2CC2)S(C)(=O)=O)cc1. The van der Waals surface area contributed by atoms with E-state index in [4.69, 9.17) is 4.74 Å². The van der Waals surface area contributed by atoms with Gasteiger partial charge in [0.1, 0.15) is 5.75 Å². The number of ether oxygens (including phenoxy) is 1. The summed E-state index contributed by atoms with van der Waals surface area (Å²) in [6, 6.07) is 7.26.